The number of nitrogens with two attached hydrogens (primary N) is 1. The van der Waals surface area contributed by atoms with E-state index < -0.39 is 12.7 Å². The van der Waals surface area contributed by atoms with Gasteiger partial charge >= 0.3 is 6.18 Å². The second-order valence-corrected chi connectivity index (χ2v) is 5.02. The SMILES string of the molecule is NCCCCCCC(=O)Nc1ccccc1NCC(F)(F)F. The van der Waals surface area contributed by atoms with Crippen LogP contribution in [-0.4, -0.2) is 25.2 Å². The predicted octanol–water partition coefficient (Wildman–Crippen LogP) is 3.51. The Morgan fingerprint density at radius 3 is 2.32 bits per heavy atom. The molecular weight excluding hydrogens is 295 g/mol. The molecule has 0 bridgehead atoms. The lowest BCUT2D eigenvalue weighted by Crippen LogP contribution is -2.22. The normalized spacial score (nSPS) is 11.3. The van der Waals surface area contributed by atoms with Crippen molar-refractivity contribution in [2.24, 2.45) is 5.73 Å². The third kappa shape index (κ3) is 7.87. The van der Waals surface area contributed by atoms with E-state index in [1.807, 2.05) is 0 Å². The van der Waals surface area contributed by atoms with E-state index in [1.165, 1.54) is 6.07 Å². The smallest absolute Gasteiger partial charge is 0.375 e. The summed E-state index contributed by atoms with van der Waals surface area (Å²) in [5.74, 6) is -0.200. The van der Waals surface area contributed by atoms with Crippen LogP contribution in [0, 0.1) is 0 Å². The van der Waals surface area contributed by atoms with Crippen molar-refractivity contribution in [2.45, 2.75) is 38.3 Å². The van der Waals surface area contributed by atoms with Gasteiger partial charge in [0.05, 0.1) is 11.4 Å². The van der Waals surface area contributed by atoms with E-state index >= 15 is 0 Å². The van der Waals surface area contributed by atoms with Crippen LogP contribution in [0.15, 0.2) is 24.3 Å². The van der Waals surface area contributed by atoms with Crippen molar-refractivity contribution in [3.05, 3.63) is 24.3 Å². The molecule has 0 saturated heterocycles. The molecule has 0 saturated carbocycles. The predicted molar refractivity (Wildman–Crippen MR) is 81.8 cm³/mol. The number of hydrogen-bond donors (Lipinski definition) is 3. The molecule has 0 aromatic heterocycles. The maximum Gasteiger partial charge on any atom is 0.405 e. The third-order valence-electron chi connectivity index (χ3n) is 3.04. The highest BCUT2D eigenvalue weighted by Gasteiger charge is 2.26. The number of alkyl halides is 3. The highest BCUT2D eigenvalue weighted by molar-refractivity contribution is 5.94. The monoisotopic (exact) mass is 317 g/mol. The molecule has 0 aliphatic heterocycles. The summed E-state index contributed by atoms with van der Waals surface area (Å²) in [5.41, 5.74) is 6.00. The van der Waals surface area contributed by atoms with Crippen molar-refractivity contribution in [1.29, 1.82) is 0 Å². The first-order chi connectivity index (χ1) is 10.4. The summed E-state index contributed by atoms with van der Waals surface area (Å²) in [6.45, 7) is -0.497. The molecule has 7 heteroatoms. The van der Waals surface area contributed by atoms with E-state index in [1.54, 1.807) is 18.2 Å². The fraction of sp³-hybridized carbons (Fsp3) is 0.533. The first-order valence-electron chi connectivity index (χ1n) is 7.32. The Balaban J connectivity index is 2.45. The minimum Gasteiger partial charge on any atom is -0.375 e. The van der Waals surface area contributed by atoms with Crippen molar-refractivity contribution in [1.82, 2.24) is 0 Å². The van der Waals surface area contributed by atoms with E-state index in [-0.39, 0.29) is 11.6 Å². The van der Waals surface area contributed by atoms with Gasteiger partial charge in [-0.15, -0.1) is 0 Å². The maximum absolute atomic E-state index is 12.2. The van der Waals surface area contributed by atoms with Gasteiger partial charge in [0.2, 0.25) is 5.91 Å². The highest BCUT2D eigenvalue weighted by Crippen LogP contribution is 2.23. The number of halogens is 3. The number of amides is 1. The second-order valence-electron chi connectivity index (χ2n) is 5.02. The summed E-state index contributed by atoms with van der Waals surface area (Å²) < 4.78 is 36.7. The van der Waals surface area contributed by atoms with E-state index in [0.717, 1.165) is 25.7 Å². The van der Waals surface area contributed by atoms with E-state index in [2.05, 4.69) is 10.6 Å². The Kier molecular flexibility index (Phi) is 7.73. The van der Waals surface area contributed by atoms with Crippen LogP contribution < -0.4 is 16.4 Å². The van der Waals surface area contributed by atoms with Crippen LogP contribution in [0.2, 0.25) is 0 Å². The third-order valence-corrected chi connectivity index (χ3v) is 3.04. The molecule has 1 amide bonds. The summed E-state index contributed by atoms with van der Waals surface area (Å²) >= 11 is 0. The number of carbonyl (C=O) groups excluding carboxylic acids is 1. The molecule has 0 aliphatic rings. The van der Waals surface area contributed by atoms with Crippen LogP contribution in [0.4, 0.5) is 24.5 Å². The molecule has 1 aromatic carbocycles. The lowest BCUT2D eigenvalue weighted by molar-refractivity contribution is -0.116. The molecular formula is C15H22F3N3O. The van der Waals surface area contributed by atoms with Gasteiger partial charge in [-0.2, -0.15) is 13.2 Å². The molecule has 4 N–H and O–H groups in total. The number of anilines is 2. The largest absolute Gasteiger partial charge is 0.405 e. The zero-order valence-electron chi connectivity index (χ0n) is 12.4. The number of nitrogens with one attached hydrogen (secondary N) is 2. The first kappa shape index (κ1) is 18.3. The van der Waals surface area contributed by atoms with Crippen molar-refractivity contribution < 1.29 is 18.0 Å². The topological polar surface area (TPSA) is 67.2 Å². The molecule has 0 spiro atoms. The summed E-state index contributed by atoms with van der Waals surface area (Å²) in [7, 11) is 0. The number of rotatable bonds is 9. The fourth-order valence-corrected chi connectivity index (χ4v) is 1.94. The van der Waals surface area contributed by atoms with Crippen molar-refractivity contribution in [3.8, 4) is 0 Å². The quantitative estimate of drug-likeness (QED) is 0.611. The summed E-state index contributed by atoms with van der Waals surface area (Å²) in [5, 5.41) is 4.93. The Labute approximate surface area is 128 Å². The molecule has 0 atom stereocenters. The number of benzene rings is 1. The Morgan fingerprint density at radius 1 is 1.05 bits per heavy atom. The van der Waals surface area contributed by atoms with Gasteiger partial charge in [0.15, 0.2) is 0 Å². The Morgan fingerprint density at radius 2 is 1.68 bits per heavy atom. The minimum absolute atomic E-state index is 0.200. The molecule has 1 aromatic rings. The fourth-order valence-electron chi connectivity index (χ4n) is 1.94. The van der Waals surface area contributed by atoms with Crippen molar-refractivity contribution >= 4 is 17.3 Å². The zero-order chi connectivity index (χ0) is 16.4. The summed E-state index contributed by atoms with van der Waals surface area (Å²) in [6, 6.07) is 6.35. The van der Waals surface area contributed by atoms with E-state index in [0.29, 0.717) is 18.7 Å². The molecule has 0 heterocycles. The average molecular weight is 317 g/mol. The van der Waals surface area contributed by atoms with E-state index in [4.69, 9.17) is 5.73 Å². The van der Waals surface area contributed by atoms with Gasteiger partial charge in [0.1, 0.15) is 6.54 Å². The van der Waals surface area contributed by atoms with Crippen LogP contribution in [0.25, 0.3) is 0 Å². The standard InChI is InChI=1S/C15H22F3N3O/c16-15(17,18)11-20-12-7-4-5-8-13(12)21-14(22)9-3-1-2-6-10-19/h4-5,7-8,20H,1-3,6,9-11,19H2,(H,21,22). The Bertz CT molecular complexity index is 464. The van der Waals surface area contributed by atoms with Crippen LogP contribution in [-0.2, 0) is 4.79 Å². The number of carbonyl (C=O) groups is 1. The molecule has 0 radical (unpaired) electrons. The molecule has 0 unspecified atom stereocenters. The number of para-hydroxylation sites is 2. The van der Waals surface area contributed by atoms with Gasteiger partial charge in [-0.1, -0.05) is 25.0 Å². The highest BCUT2D eigenvalue weighted by atomic mass is 19.4. The zero-order valence-corrected chi connectivity index (χ0v) is 12.4. The molecule has 0 aliphatic carbocycles. The van der Waals surface area contributed by atoms with Gasteiger partial charge in [0, 0.05) is 6.42 Å². The van der Waals surface area contributed by atoms with Gasteiger partial charge in [-0.05, 0) is 31.5 Å². The van der Waals surface area contributed by atoms with Crippen LogP contribution in [0.1, 0.15) is 32.1 Å². The lowest BCUT2D eigenvalue weighted by atomic mass is 10.1. The van der Waals surface area contributed by atoms with Gasteiger partial charge < -0.3 is 16.4 Å². The average Bonchev–Trinajstić information content (AvgIpc) is 2.45. The van der Waals surface area contributed by atoms with Gasteiger partial charge in [-0.25, -0.2) is 0 Å². The molecule has 22 heavy (non-hydrogen) atoms. The van der Waals surface area contributed by atoms with Crippen LogP contribution in [0.3, 0.4) is 0 Å². The summed E-state index contributed by atoms with van der Waals surface area (Å²) in [6.07, 6.45) is -0.389. The lowest BCUT2D eigenvalue weighted by Gasteiger charge is -2.14. The number of unbranched alkanes of at least 4 members (excludes halogenated alkanes) is 3. The summed E-state index contributed by atoms with van der Waals surface area (Å²) in [4.78, 5) is 11.8. The minimum atomic E-state index is -4.31. The van der Waals surface area contributed by atoms with Gasteiger partial charge in [0.25, 0.3) is 0 Å². The van der Waals surface area contributed by atoms with Crippen LogP contribution >= 0.6 is 0 Å². The molecule has 1 rings (SSSR count). The molecule has 4 nitrogen and oxygen atoms in total. The molecule has 124 valence electrons. The number of hydrogen-bond acceptors (Lipinski definition) is 3. The Hall–Kier alpha value is -1.76. The van der Waals surface area contributed by atoms with Crippen molar-refractivity contribution in [2.75, 3.05) is 23.7 Å². The maximum atomic E-state index is 12.2. The van der Waals surface area contributed by atoms with Crippen molar-refractivity contribution in [3.63, 3.8) is 0 Å². The first-order valence-corrected chi connectivity index (χ1v) is 7.32. The second kappa shape index (κ2) is 9.30. The van der Waals surface area contributed by atoms with Crippen LogP contribution in [0.5, 0.6) is 0 Å². The molecule has 0 fully saturated rings. The van der Waals surface area contributed by atoms with E-state index in [9.17, 15) is 18.0 Å². The van der Waals surface area contributed by atoms with Gasteiger partial charge in [-0.3, -0.25) is 4.79 Å².